The summed E-state index contributed by atoms with van der Waals surface area (Å²) in [5.74, 6) is -1.38. The van der Waals surface area contributed by atoms with Crippen molar-refractivity contribution in [1.82, 2.24) is 5.32 Å². The molecule has 6 heteroatoms. The van der Waals surface area contributed by atoms with E-state index in [9.17, 15) is 14.0 Å². The Labute approximate surface area is 109 Å². The van der Waals surface area contributed by atoms with Gasteiger partial charge in [0.05, 0.1) is 18.1 Å². The third-order valence-corrected chi connectivity index (χ3v) is 2.39. The summed E-state index contributed by atoms with van der Waals surface area (Å²) in [6, 6.07) is 3.67. The van der Waals surface area contributed by atoms with Crippen LogP contribution < -0.4 is 5.32 Å². The predicted molar refractivity (Wildman–Crippen MR) is 65.0 cm³/mol. The van der Waals surface area contributed by atoms with E-state index in [0.717, 1.165) is 6.07 Å². The van der Waals surface area contributed by atoms with Crippen molar-refractivity contribution in [2.24, 2.45) is 0 Å². The SMILES string of the molecule is CCOC(=O)CCNC(=O)c1ccc(F)c(Cl)c1. The fraction of sp³-hybridized carbons (Fsp3) is 0.333. The monoisotopic (exact) mass is 273 g/mol. The molecule has 98 valence electrons. The highest BCUT2D eigenvalue weighted by molar-refractivity contribution is 6.31. The molecule has 0 fully saturated rings. The average Bonchev–Trinajstić information content (AvgIpc) is 2.33. The maximum Gasteiger partial charge on any atom is 0.307 e. The van der Waals surface area contributed by atoms with Gasteiger partial charge in [0.2, 0.25) is 0 Å². The topological polar surface area (TPSA) is 55.4 Å². The fourth-order valence-corrected chi connectivity index (χ4v) is 1.43. The molecule has 1 aromatic carbocycles. The van der Waals surface area contributed by atoms with Gasteiger partial charge in [-0.25, -0.2) is 4.39 Å². The molecule has 1 N–H and O–H groups in total. The van der Waals surface area contributed by atoms with Crippen LogP contribution >= 0.6 is 11.6 Å². The Morgan fingerprint density at radius 1 is 1.44 bits per heavy atom. The Bertz CT molecular complexity index is 451. The van der Waals surface area contributed by atoms with Crippen LogP contribution in [0.1, 0.15) is 23.7 Å². The molecule has 4 nitrogen and oxygen atoms in total. The summed E-state index contributed by atoms with van der Waals surface area (Å²) in [7, 11) is 0. The van der Waals surface area contributed by atoms with Crippen LogP contribution in [0.3, 0.4) is 0 Å². The minimum atomic E-state index is -0.584. The lowest BCUT2D eigenvalue weighted by atomic mass is 10.2. The number of carbonyl (C=O) groups excluding carboxylic acids is 2. The minimum absolute atomic E-state index is 0.0918. The highest BCUT2D eigenvalue weighted by Gasteiger charge is 2.09. The summed E-state index contributed by atoms with van der Waals surface area (Å²) in [6.07, 6.45) is 0.0918. The van der Waals surface area contributed by atoms with Crippen LogP contribution in [0, 0.1) is 5.82 Å². The highest BCUT2D eigenvalue weighted by atomic mass is 35.5. The third-order valence-electron chi connectivity index (χ3n) is 2.10. The molecule has 0 aliphatic carbocycles. The van der Waals surface area contributed by atoms with Crippen LogP contribution in [0.4, 0.5) is 4.39 Å². The highest BCUT2D eigenvalue weighted by Crippen LogP contribution is 2.15. The molecule has 0 unspecified atom stereocenters. The van der Waals surface area contributed by atoms with E-state index in [1.165, 1.54) is 12.1 Å². The molecule has 0 saturated carbocycles. The molecular weight excluding hydrogens is 261 g/mol. The largest absolute Gasteiger partial charge is 0.466 e. The molecule has 0 aliphatic heterocycles. The van der Waals surface area contributed by atoms with Crippen LogP contribution in [-0.2, 0) is 9.53 Å². The smallest absolute Gasteiger partial charge is 0.307 e. The van der Waals surface area contributed by atoms with Gasteiger partial charge in [0, 0.05) is 12.1 Å². The van der Waals surface area contributed by atoms with Crippen molar-refractivity contribution in [3.05, 3.63) is 34.6 Å². The van der Waals surface area contributed by atoms with Gasteiger partial charge in [-0.2, -0.15) is 0 Å². The van der Waals surface area contributed by atoms with Gasteiger partial charge in [0.25, 0.3) is 5.91 Å². The molecule has 0 bridgehead atoms. The molecule has 0 radical (unpaired) electrons. The molecule has 1 amide bonds. The zero-order valence-corrected chi connectivity index (χ0v) is 10.6. The second kappa shape index (κ2) is 6.96. The van der Waals surface area contributed by atoms with Crippen LogP contribution in [0.5, 0.6) is 0 Å². The summed E-state index contributed by atoms with van der Waals surface area (Å²) < 4.78 is 17.6. The molecule has 0 atom stereocenters. The maximum atomic E-state index is 12.9. The number of amides is 1. The Morgan fingerprint density at radius 2 is 2.17 bits per heavy atom. The zero-order chi connectivity index (χ0) is 13.5. The lowest BCUT2D eigenvalue weighted by Gasteiger charge is -2.05. The molecule has 0 heterocycles. The van der Waals surface area contributed by atoms with Gasteiger partial charge in [-0.1, -0.05) is 11.6 Å². The van der Waals surface area contributed by atoms with Crippen molar-refractivity contribution in [1.29, 1.82) is 0 Å². The van der Waals surface area contributed by atoms with Gasteiger partial charge in [-0.15, -0.1) is 0 Å². The van der Waals surface area contributed by atoms with Gasteiger partial charge in [-0.3, -0.25) is 9.59 Å². The van der Waals surface area contributed by atoms with Crippen LogP contribution in [-0.4, -0.2) is 25.0 Å². The van der Waals surface area contributed by atoms with Gasteiger partial charge >= 0.3 is 5.97 Å². The third kappa shape index (κ3) is 4.33. The number of esters is 1. The number of rotatable bonds is 5. The summed E-state index contributed by atoms with van der Waals surface area (Å²) in [5, 5.41) is 2.40. The Kier molecular flexibility index (Phi) is 5.58. The van der Waals surface area contributed by atoms with E-state index in [0.29, 0.717) is 6.61 Å². The predicted octanol–water partition coefficient (Wildman–Crippen LogP) is 2.16. The van der Waals surface area contributed by atoms with Crippen molar-refractivity contribution in [2.75, 3.05) is 13.2 Å². The Morgan fingerprint density at radius 3 is 2.78 bits per heavy atom. The normalized spacial score (nSPS) is 9.94. The first-order valence-corrected chi connectivity index (χ1v) is 5.81. The lowest BCUT2D eigenvalue weighted by Crippen LogP contribution is -2.26. The van der Waals surface area contributed by atoms with Gasteiger partial charge in [0.1, 0.15) is 5.82 Å². The zero-order valence-electron chi connectivity index (χ0n) is 9.83. The standard InChI is InChI=1S/C12H13ClFNO3/c1-2-18-11(16)5-6-15-12(17)8-3-4-10(14)9(13)7-8/h3-4,7H,2,5-6H2,1H3,(H,15,17). The fourth-order valence-electron chi connectivity index (χ4n) is 1.25. The molecule has 1 aromatic rings. The number of halogens is 2. The first kappa shape index (κ1) is 14.4. The number of hydrogen-bond acceptors (Lipinski definition) is 3. The van der Waals surface area contributed by atoms with Gasteiger partial charge < -0.3 is 10.1 Å². The molecule has 0 spiro atoms. The second-order valence-electron chi connectivity index (χ2n) is 3.44. The van der Waals surface area contributed by atoms with E-state index >= 15 is 0 Å². The quantitative estimate of drug-likeness (QED) is 0.837. The molecule has 0 aromatic heterocycles. The number of benzene rings is 1. The van der Waals surface area contributed by atoms with Crippen molar-refractivity contribution < 1.29 is 18.7 Å². The Hall–Kier alpha value is -1.62. The number of nitrogens with one attached hydrogen (secondary N) is 1. The van der Waals surface area contributed by atoms with Crippen LogP contribution in [0.25, 0.3) is 0 Å². The summed E-state index contributed by atoms with van der Waals surface area (Å²) >= 11 is 5.55. The van der Waals surface area contributed by atoms with Crippen LogP contribution in [0.2, 0.25) is 5.02 Å². The van der Waals surface area contributed by atoms with E-state index in [1.54, 1.807) is 6.92 Å². The number of carbonyl (C=O) groups is 2. The van der Waals surface area contributed by atoms with E-state index in [1.807, 2.05) is 0 Å². The molecule has 0 saturated heterocycles. The Balaban J connectivity index is 2.45. The van der Waals surface area contributed by atoms with Gasteiger partial charge in [0.15, 0.2) is 0 Å². The maximum absolute atomic E-state index is 12.9. The second-order valence-corrected chi connectivity index (χ2v) is 3.85. The molecule has 18 heavy (non-hydrogen) atoms. The molecular formula is C12H13ClFNO3. The van der Waals surface area contributed by atoms with Gasteiger partial charge in [-0.05, 0) is 25.1 Å². The first-order chi connectivity index (χ1) is 8.54. The van der Waals surface area contributed by atoms with Crippen molar-refractivity contribution in [2.45, 2.75) is 13.3 Å². The lowest BCUT2D eigenvalue weighted by molar-refractivity contribution is -0.142. The van der Waals surface area contributed by atoms with Crippen molar-refractivity contribution >= 4 is 23.5 Å². The van der Waals surface area contributed by atoms with E-state index in [-0.39, 0.29) is 29.5 Å². The summed E-state index contributed by atoms with van der Waals surface area (Å²) in [4.78, 5) is 22.6. The van der Waals surface area contributed by atoms with Crippen molar-refractivity contribution in [3.63, 3.8) is 0 Å². The van der Waals surface area contributed by atoms with E-state index in [2.05, 4.69) is 5.32 Å². The van der Waals surface area contributed by atoms with Crippen LogP contribution in [0.15, 0.2) is 18.2 Å². The molecule has 0 aliphatic rings. The number of hydrogen-bond donors (Lipinski definition) is 1. The summed E-state index contributed by atoms with van der Waals surface area (Å²) in [5.41, 5.74) is 0.241. The van der Waals surface area contributed by atoms with Crippen molar-refractivity contribution in [3.8, 4) is 0 Å². The van der Waals surface area contributed by atoms with E-state index < -0.39 is 11.7 Å². The number of ether oxygens (including phenoxy) is 1. The summed E-state index contributed by atoms with van der Waals surface area (Å²) in [6.45, 7) is 2.17. The molecule has 1 rings (SSSR count). The van der Waals surface area contributed by atoms with E-state index in [4.69, 9.17) is 16.3 Å². The minimum Gasteiger partial charge on any atom is -0.466 e. The average molecular weight is 274 g/mol. The first-order valence-electron chi connectivity index (χ1n) is 5.43.